The van der Waals surface area contributed by atoms with Gasteiger partial charge in [0.2, 0.25) is 5.54 Å². The summed E-state index contributed by atoms with van der Waals surface area (Å²) in [5, 5.41) is 0.712. The SMILES string of the molecule is CCC(NC(N)=O)(C(F)(F)F)C(F)(F)F. The van der Waals surface area contributed by atoms with E-state index in [0.29, 0.717) is 12.2 Å². The third kappa shape index (κ3) is 2.45. The first kappa shape index (κ1) is 13.8. The molecule has 3 nitrogen and oxygen atoms in total. The number of carbonyl (C=O) groups is 1. The molecule has 90 valence electrons. The number of alkyl halides is 6. The van der Waals surface area contributed by atoms with Gasteiger partial charge < -0.3 is 11.1 Å². The summed E-state index contributed by atoms with van der Waals surface area (Å²) >= 11 is 0. The van der Waals surface area contributed by atoms with Gasteiger partial charge in [0, 0.05) is 0 Å². The fourth-order valence-corrected chi connectivity index (χ4v) is 1.00. The highest BCUT2D eigenvalue weighted by molar-refractivity contribution is 5.73. The predicted molar refractivity (Wildman–Crippen MR) is 37.9 cm³/mol. The van der Waals surface area contributed by atoms with Gasteiger partial charge in [-0.3, -0.25) is 0 Å². The lowest BCUT2D eigenvalue weighted by molar-refractivity contribution is -0.304. The number of urea groups is 1. The average Bonchev–Trinajstić information content (AvgIpc) is 1.94. The molecule has 0 aromatic rings. The number of carbonyl (C=O) groups excluding carboxylic acids is 1. The minimum absolute atomic E-state index is 0.650. The Morgan fingerprint density at radius 3 is 1.53 bits per heavy atom. The highest BCUT2D eigenvalue weighted by Crippen LogP contribution is 2.44. The smallest absolute Gasteiger partial charge is 0.352 e. The molecule has 0 saturated carbocycles. The van der Waals surface area contributed by atoms with Gasteiger partial charge in [0.1, 0.15) is 0 Å². The molecule has 0 bridgehead atoms. The van der Waals surface area contributed by atoms with Gasteiger partial charge in [-0.05, 0) is 6.42 Å². The van der Waals surface area contributed by atoms with Crippen molar-refractivity contribution >= 4 is 6.03 Å². The third-order valence-electron chi connectivity index (χ3n) is 1.83. The maximum absolute atomic E-state index is 12.2. The molecule has 3 N–H and O–H groups in total. The van der Waals surface area contributed by atoms with Crippen LogP contribution in [0.25, 0.3) is 0 Å². The molecule has 0 fully saturated rings. The summed E-state index contributed by atoms with van der Waals surface area (Å²) in [6.45, 7) is 0.650. The van der Waals surface area contributed by atoms with Crippen LogP contribution in [0.2, 0.25) is 0 Å². The highest BCUT2D eigenvalue weighted by Gasteiger charge is 2.70. The van der Waals surface area contributed by atoms with Crippen LogP contribution in [0, 0.1) is 0 Å². The highest BCUT2D eigenvalue weighted by atomic mass is 19.4. The Bertz CT molecular complexity index is 231. The first-order valence-electron chi connectivity index (χ1n) is 3.69. The van der Waals surface area contributed by atoms with Gasteiger partial charge in [-0.2, -0.15) is 26.3 Å². The normalized spacial score (nSPS) is 13.8. The number of hydrogen-bond acceptors (Lipinski definition) is 1. The summed E-state index contributed by atoms with van der Waals surface area (Å²) in [5.41, 5.74) is 0.0116. The summed E-state index contributed by atoms with van der Waals surface area (Å²) in [4.78, 5) is 10.2. The van der Waals surface area contributed by atoms with E-state index >= 15 is 0 Å². The van der Waals surface area contributed by atoms with Crippen LogP contribution in [0.3, 0.4) is 0 Å². The number of primary amides is 1. The summed E-state index contributed by atoms with van der Waals surface area (Å²) < 4.78 is 73.4. The zero-order valence-corrected chi connectivity index (χ0v) is 7.46. The van der Waals surface area contributed by atoms with Crippen molar-refractivity contribution in [3.63, 3.8) is 0 Å². The Morgan fingerprint density at radius 1 is 1.13 bits per heavy atom. The van der Waals surface area contributed by atoms with Crippen LogP contribution in [0.15, 0.2) is 0 Å². The molecule has 0 heterocycles. The number of nitrogens with one attached hydrogen (secondary N) is 1. The molecule has 0 rings (SSSR count). The second kappa shape index (κ2) is 3.78. The molecule has 0 spiro atoms. The zero-order valence-electron chi connectivity index (χ0n) is 7.46. The Kier molecular flexibility index (Phi) is 3.49. The number of nitrogens with two attached hydrogens (primary N) is 1. The number of halogens is 6. The minimum Gasteiger partial charge on any atom is -0.352 e. The summed E-state index contributed by atoms with van der Waals surface area (Å²) in [6, 6.07) is -1.88. The van der Waals surface area contributed by atoms with E-state index in [1.165, 1.54) is 0 Å². The van der Waals surface area contributed by atoms with Crippen molar-refractivity contribution in [3.8, 4) is 0 Å². The van der Waals surface area contributed by atoms with E-state index < -0.39 is 30.3 Å². The van der Waals surface area contributed by atoms with Crippen molar-refractivity contribution in [2.24, 2.45) is 5.73 Å². The zero-order chi connectivity index (χ0) is 12.5. The van der Waals surface area contributed by atoms with Crippen molar-refractivity contribution in [1.82, 2.24) is 5.32 Å². The van der Waals surface area contributed by atoms with E-state index in [9.17, 15) is 31.1 Å². The molecule has 0 aliphatic carbocycles. The van der Waals surface area contributed by atoms with Crippen LogP contribution in [0.1, 0.15) is 13.3 Å². The minimum atomic E-state index is -5.66. The maximum Gasteiger partial charge on any atom is 0.420 e. The number of hydrogen-bond donors (Lipinski definition) is 2. The monoisotopic (exact) mass is 238 g/mol. The molecule has 0 aliphatic rings. The molecule has 0 aliphatic heterocycles. The van der Waals surface area contributed by atoms with Crippen molar-refractivity contribution in [2.75, 3.05) is 0 Å². The average molecular weight is 238 g/mol. The Hall–Kier alpha value is -1.15. The van der Waals surface area contributed by atoms with Gasteiger partial charge in [0.05, 0.1) is 0 Å². The van der Waals surface area contributed by atoms with Crippen LogP contribution in [0.4, 0.5) is 31.1 Å². The fourth-order valence-electron chi connectivity index (χ4n) is 1.00. The lowest BCUT2D eigenvalue weighted by atomic mass is 9.94. The molecular weight excluding hydrogens is 230 g/mol. The van der Waals surface area contributed by atoms with E-state index in [1.807, 2.05) is 0 Å². The Morgan fingerprint density at radius 2 is 1.47 bits per heavy atom. The standard InChI is InChI=1S/C6H8F6N2O/c1-2-4(5(7,8)9,6(10,11)12)14-3(13)15/h2H2,1H3,(H3,13,14,15). The van der Waals surface area contributed by atoms with E-state index in [1.54, 1.807) is 0 Å². The molecule has 0 atom stereocenters. The van der Waals surface area contributed by atoms with Crippen molar-refractivity contribution in [1.29, 1.82) is 0 Å². The Labute approximate surface area is 80.6 Å². The van der Waals surface area contributed by atoms with Crippen LogP contribution >= 0.6 is 0 Å². The molecule has 15 heavy (non-hydrogen) atoms. The lowest BCUT2D eigenvalue weighted by Crippen LogP contribution is -2.68. The molecule has 0 radical (unpaired) electrons. The van der Waals surface area contributed by atoms with Crippen molar-refractivity contribution in [2.45, 2.75) is 31.2 Å². The molecule has 0 aromatic heterocycles. The third-order valence-corrected chi connectivity index (χ3v) is 1.83. The maximum atomic E-state index is 12.2. The first-order valence-corrected chi connectivity index (χ1v) is 3.69. The molecule has 0 saturated heterocycles. The molecule has 0 unspecified atom stereocenters. The largest absolute Gasteiger partial charge is 0.420 e. The fraction of sp³-hybridized carbons (Fsp3) is 0.833. The topological polar surface area (TPSA) is 55.1 Å². The second-order valence-corrected chi connectivity index (χ2v) is 2.74. The quantitative estimate of drug-likeness (QED) is 0.709. The van der Waals surface area contributed by atoms with Gasteiger partial charge in [-0.1, -0.05) is 6.92 Å². The van der Waals surface area contributed by atoms with Gasteiger partial charge in [0.15, 0.2) is 0 Å². The van der Waals surface area contributed by atoms with Gasteiger partial charge in [0.25, 0.3) is 0 Å². The Balaban J connectivity index is 5.42. The van der Waals surface area contributed by atoms with Crippen LogP contribution < -0.4 is 11.1 Å². The number of amides is 2. The van der Waals surface area contributed by atoms with Crippen molar-refractivity contribution in [3.05, 3.63) is 0 Å². The van der Waals surface area contributed by atoms with Crippen LogP contribution in [0.5, 0.6) is 0 Å². The van der Waals surface area contributed by atoms with E-state index in [-0.39, 0.29) is 0 Å². The van der Waals surface area contributed by atoms with E-state index in [0.717, 1.165) is 0 Å². The summed E-state index contributed by atoms with van der Waals surface area (Å²) in [5.74, 6) is 0. The lowest BCUT2D eigenvalue weighted by Gasteiger charge is -2.36. The molecular formula is C6H8F6N2O. The van der Waals surface area contributed by atoms with E-state index in [4.69, 9.17) is 0 Å². The summed E-state index contributed by atoms with van der Waals surface area (Å²) in [6.07, 6.45) is -12.7. The van der Waals surface area contributed by atoms with Gasteiger partial charge in [-0.15, -0.1) is 0 Å². The van der Waals surface area contributed by atoms with Crippen molar-refractivity contribution < 1.29 is 31.1 Å². The van der Waals surface area contributed by atoms with Crippen LogP contribution in [-0.2, 0) is 0 Å². The van der Waals surface area contributed by atoms with Gasteiger partial charge >= 0.3 is 18.4 Å². The first-order chi connectivity index (χ1) is 6.48. The second-order valence-electron chi connectivity index (χ2n) is 2.74. The number of rotatable bonds is 2. The van der Waals surface area contributed by atoms with Gasteiger partial charge in [-0.25, -0.2) is 4.79 Å². The summed E-state index contributed by atoms with van der Waals surface area (Å²) in [7, 11) is 0. The van der Waals surface area contributed by atoms with Crippen LogP contribution in [-0.4, -0.2) is 23.9 Å². The predicted octanol–water partition coefficient (Wildman–Crippen LogP) is 1.93. The molecule has 0 aromatic carbocycles. The molecule has 2 amide bonds. The molecule has 9 heteroatoms. The van der Waals surface area contributed by atoms with E-state index in [2.05, 4.69) is 5.73 Å².